The van der Waals surface area contributed by atoms with E-state index in [4.69, 9.17) is 23.7 Å². The molecule has 0 bridgehead atoms. The number of carbonyl (C=O) groups excluding carboxylic acids is 4. The Labute approximate surface area is 211 Å². The molecular formula is C28H22O9. The predicted molar refractivity (Wildman–Crippen MR) is 126 cm³/mol. The molecule has 3 aromatic rings. The Kier molecular flexibility index (Phi) is 6.45. The van der Waals surface area contributed by atoms with E-state index in [1.807, 2.05) is 0 Å². The van der Waals surface area contributed by atoms with Gasteiger partial charge in [0.1, 0.15) is 0 Å². The molecule has 0 spiro atoms. The van der Waals surface area contributed by atoms with Crippen LogP contribution in [0.4, 0.5) is 0 Å². The van der Waals surface area contributed by atoms with Crippen molar-refractivity contribution in [2.75, 3.05) is 0 Å². The molecule has 188 valence electrons. The number of fused-ring (bicyclic) bond motifs is 1. The summed E-state index contributed by atoms with van der Waals surface area (Å²) in [6, 6.07) is 24.5. The number of hydrogen-bond acceptors (Lipinski definition) is 9. The highest BCUT2D eigenvalue weighted by Crippen LogP contribution is 2.57. The van der Waals surface area contributed by atoms with Crippen LogP contribution in [-0.4, -0.2) is 54.1 Å². The molecule has 9 nitrogen and oxygen atoms in total. The molecule has 0 aromatic heterocycles. The number of rotatable bonds is 7. The Bertz CT molecular complexity index is 1310. The molecule has 0 amide bonds. The minimum absolute atomic E-state index is 0.218. The summed E-state index contributed by atoms with van der Waals surface area (Å²) in [5.41, 5.74) is -1.02. The van der Waals surface area contributed by atoms with Crippen molar-refractivity contribution in [3.8, 4) is 0 Å². The van der Waals surface area contributed by atoms with E-state index in [0.29, 0.717) is 0 Å². The fraction of sp³-hybridized carbons (Fsp3) is 0.214. The van der Waals surface area contributed by atoms with Crippen LogP contribution in [0.3, 0.4) is 0 Å². The van der Waals surface area contributed by atoms with Gasteiger partial charge >= 0.3 is 23.9 Å². The third kappa shape index (κ3) is 4.68. The Morgan fingerprint density at radius 1 is 0.622 bits per heavy atom. The molecule has 37 heavy (non-hydrogen) atoms. The van der Waals surface area contributed by atoms with E-state index >= 15 is 0 Å². The second kappa shape index (κ2) is 9.87. The van der Waals surface area contributed by atoms with Gasteiger partial charge in [0, 0.05) is 6.92 Å². The molecule has 1 heterocycles. The van der Waals surface area contributed by atoms with Crippen molar-refractivity contribution in [3.63, 3.8) is 0 Å². The summed E-state index contributed by atoms with van der Waals surface area (Å²) in [5.74, 6) is -2.90. The first-order valence-electron chi connectivity index (χ1n) is 11.5. The molecule has 0 N–H and O–H groups in total. The zero-order chi connectivity index (χ0) is 26.0. The maximum Gasteiger partial charge on any atom is 0.339 e. The van der Waals surface area contributed by atoms with Crippen molar-refractivity contribution >= 4 is 23.9 Å². The number of ether oxygens (including phenoxy) is 5. The van der Waals surface area contributed by atoms with Gasteiger partial charge in [0.05, 0.1) is 16.7 Å². The van der Waals surface area contributed by atoms with Crippen LogP contribution in [-0.2, 0) is 28.5 Å². The van der Waals surface area contributed by atoms with E-state index in [9.17, 15) is 19.2 Å². The summed E-state index contributed by atoms with van der Waals surface area (Å²) in [7, 11) is 0. The van der Waals surface area contributed by atoms with Crippen molar-refractivity contribution in [2.45, 2.75) is 37.1 Å². The lowest BCUT2D eigenvalue weighted by Crippen LogP contribution is -2.47. The van der Waals surface area contributed by atoms with Gasteiger partial charge in [-0.3, -0.25) is 4.79 Å². The van der Waals surface area contributed by atoms with Crippen molar-refractivity contribution < 1.29 is 42.9 Å². The van der Waals surface area contributed by atoms with Gasteiger partial charge in [0.25, 0.3) is 0 Å². The molecule has 2 aliphatic rings. The second-order valence-corrected chi connectivity index (χ2v) is 8.53. The van der Waals surface area contributed by atoms with Crippen molar-refractivity contribution in [2.24, 2.45) is 0 Å². The lowest BCUT2D eigenvalue weighted by Gasteiger charge is -2.28. The van der Waals surface area contributed by atoms with Gasteiger partial charge in [-0.2, -0.15) is 0 Å². The second-order valence-electron chi connectivity index (χ2n) is 8.53. The molecule has 5 atom stereocenters. The van der Waals surface area contributed by atoms with E-state index in [1.54, 1.807) is 91.0 Å². The van der Waals surface area contributed by atoms with Crippen LogP contribution in [0, 0.1) is 0 Å². The van der Waals surface area contributed by atoms with Gasteiger partial charge in [0.15, 0.2) is 12.2 Å². The molecule has 2 fully saturated rings. The van der Waals surface area contributed by atoms with Crippen LogP contribution in [0.5, 0.6) is 0 Å². The summed E-state index contributed by atoms with van der Waals surface area (Å²) in [6.45, 7) is 1.17. The number of esters is 4. The van der Waals surface area contributed by atoms with Crippen molar-refractivity contribution in [1.82, 2.24) is 0 Å². The molecule has 2 unspecified atom stereocenters. The van der Waals surface area contributed by atoms with Gasteiger partial charge in [-0.1, -0.05) is 54.6 Å². The monoisotopic (exact) mass is 502 g/mol. The first-order chi connectivity index (χ1) is 17.9. The highest BCUT2D eigenvalue weighted by molar-refractivity contribution is 5.92. The summed E-state index contributed by atoms with van der Waals surface area (Å²) >= 11 is 0. The number of benzene rings is 3. The van der Waals surface area contributed by atoms with Crippen molar-refractivity contribution in [1.29, 1.82) is 0 Å². The molecule has 3 aromatic carbocycles. The van der Waals surface area contributed by atoms with Gasteiger partial charge in [0.2, 0.25) is 18.0 Å². The maximum absolute atomic E-state index is 13.1. The standard InChI is InChI=1S/C28H22O9/c1-17(29)33-27-23(35-25(31)19-13-7-3-8-14-19)28(37-26(32)20-15-9-4-10-16-20)21(22(28)36-27)34-24(30)18-11-5-2-6-12-18/h2-16,21-23,27H,1H3/t21?,22-,23+,27?,28-/m1/s1. The molecule has 1 aliphatic heterocycles. The fourth-order valence-electron chi connectivity index (χ4n) is 4.29. The molecule has 1 aliphatic carbocycles. The molecular weight excluding hydrogens is 480 g/mol. The highest BCUT2D eigenvalue weighted by Gasteiger charge is 2.85. The molecule has 1 saturated heterocycles. The van der Waals surface area contributed by atoms with Gasteiger partial charge < -0.3 is 23.7 Å². The first-order valence-corrected chi connectivity index (χ1v) is 11.5. The van der Waals surface area contributed by atoms with Crippen LogP contribution in [0.1, 0.15) is 38.0 Å². The Hall–Kier alpha value is -4.50. The van der Waals surface area contributed by atoms with Gasteiger partial charge in [-0.05, 0) is 36.4 Å². The molecule has 5 rings (SSSR count). The highest BCUT2D eigenvalue weighted by atomic mass is 16.8. The van der Waals surface area contributed by atoms with E-state index in [0.717, 1.165) is 0 Å². The average molecular weight is 502 g/mol. The van der Waals surface area contributed by atoms with Crippen LogP contribution in [0.2, 0.25) is 0 Å². The van der Waals surface area contributed by atoms with E-state index in [1.165, 1.54) is 6.92 Å². The SMILES string of the molecule is CC(=O)OC1O[C@@H]2C(OC(=O)c3ccccc3)[C@]2(OC(=O)c2ccccc2)[C@H]1OC(=O)c1ccccc1. The minimum atomic E-state index is -1.73. The summed E-state index contributed by atoms with van der Waals surface area (Å²) in [5, 5.41) is 0. The van der Waals surface area contributed by atoms with E-state index in [-0.39, 0.29) is 16.7 Å². The normalized spacial score (nSPS) is 25.3. The lowest BCUT2D eigenvalue weighted by atomic mass is 10.1. The number of carbonyl (C=O) groups is 4. The largest absolute Gasteiger partial charge is 0.451 e. The van der Waals surface area contributed by atoms with Gasteiger partial charge in [-0.15, -0.1) is 0 Å². The molecule has 0 radical (unpaired) electrons. The number of hydrogen-bond donors (Lipinski definition) is 0. The smallest absolute Gasteiger partial charge is 0.339 e. The average Bonchev–Trinajstić information content (AvgIpc) is 3.39. The van der Waals surface area contributed by atoms with E-state index < -0.39 is 54.1 Å². The summed E-state index contributed by atoms with van der Waals surface area (Å²) in [6.07, 6.45) is -4.94. The zero-order valence-corrected chi connectivity index (χ0v) is 19.6. The zero-order valence-electron chi connectivity index (χ0n) is 19.6. The maximum atomic E-state index is 13.1. The third-order valence-electron chi connectivity index (χ3n) is 6.08. The lowest BCUT2D eigenvalue weighted by molar-refractivity contribution is -0.199. The minimum Gasteiger partial charge on any atom is -0.451 e. The Morgan fingerprint density at radius 2 is 1.05 bits per heavy atom. The van der Waals surface area contributed by atoms with Gasteiger partial charge in [-0.25, -0.2) is 14.4 Å². The molecule has 9 heteroatoms. The van der Waals surface area contributed by atoms with E-state index in [2.05, 4.69) is 0 Å². The predicted octanol–water partition coefficient (Wildman–Crippen LogP) is 3.34. The van der Waals surface area contributed by atoms with Crippen LogP contribution < -0.4 is 0 Å². The first kappa shape index (κ1) is 24.2. The van der Waals surface area contributed by atoms with Crippen LogP contribution in [0.15, 0.2) is 91.0 Å². The quantitative estimate of drug-likeness (QED) is 0.354. The third-order valence-corrected chi connectivity index (χ3v) is 6.08. The Morgan fingerprint density at radius 3 is 1.51 bits per heavy atom. The summed E-state index contributed by atoms with van der Waals surface area (Å²) < 4.78 is 28.3. The van der Waals surface area contributed by atoms with Crippen molar-refractivity contribution in [3.05, 3.63) is 108 Å². The molecule has 1 saturated carbocycles. The van der Waals surface area contributed by atoms with Crippen LogP contribution in [0.25, 0.3) is 0 Å². The summed E-state index contributed by atoms with van der Waals surface area (Å²) in [4.78, 5) is 50.7. The fourth-order valence-corrected chi connectivity index (χ4v) is 4.29. The Balaban J connectivity index is 1.48. The van der Waals surface area contributed by atoms with Crippen LogP contribution >= 0.6 is 0 Å². The topological polar surface area (TPSA) is 114 Å².